The number of fused-ring (bicyclic) bond motifs is 2. The molecule has 0 radical (unpaired) electrons. The third-order valence-corrected chi connectivity index (χ3v) is 5.87. The number of nitrogens with one attached hydrogen (secondary N) is 1. The molecule has 0 aliphatic carbocycles. The van der Waals surface area contributed by atoms with Crippen LogP contribution in [0.25, 0.3) is 32.5 Å². The number of hydrogen-bond acceptors (Lipinski definition) is 5. The molecule has 6 heteroatoms. The summed E-state index contributed by atoms with van der Waals surface area (Å²) in [6, 6.07) is 16.2. The lowest BCUT2D eigenvalue weighted by Gasteiger charge is -2.04. The van der Waals surface area contributed by atoms with E-state index >= 15 is 0 Å². The number of ether oxygens (including phenoxy) is 1. The van der Waals surface area contributed by atoms with Crippen LogP contribution in [0, 0.1) is 0 Å². The fourth-order valence-corrected chi connectivity index (χ4v) is 4.29. The molecule has 0 saturated heterocycles. The minimum Gasteiger partial charge on any atom is -0.508 e. The van der Waals surface area contributed by atoms with E-state index in [4.69, 9.17) is 9.15 Å². The lowest BCUT2D eigenvalue weighted by molar-refractivity contribution is 0.415. The molecule has 0 spiro atoms. The summed E-state index contributed by atoms with van der Waals surface area (Å²) in [5.74, 6) is 0.831. The number of methoxy groups -OCH3 is 1. The largest absolute Gasteiger partial charge is 0.508 e. The first-order valence-electron chi connectivity index (χ1n) is 9.11. The third kappa shape index (κ3) is 2.98. The van der Waals surface area contributed by atoms with Crippen molar-refractivity contribution in [3.8, 4) is 22.1 Å². The Hall–Kier alpha value is -3.51. The molecular formula is C23H17NO4S. The third-order valence-electron chi connectivity index (χ3n) is 4.98. The van der Waals surface area contributed by atoms with E-state index in [9.17, 15) is 9.90 Å². The molecular weight excluding hydrogens is 386 g/mol. The van der Waals surface area contributed by atoms with E-state index in [1.165, 1.54) is 0 Å². The van der Waals surface area contributed by atoms with Gasteiger partial charge in [-0.3, -0.25) is 4.79 Å². The number of benzene rings is 2. The van der Waals surface area contributed by atoms with Crippen LogP contribution in [0.2, 0.25) is 0 Å². The van der Waals surface area contributed by atoms with Crippen molar-refractivity contribution in [1.82, 2.24) is 4.98 Å². The number of aromatic hydroxyl groups is 1. The quantitative estimate of drug-likeness (QED) is 0.427. The van der Waals surface area contributed by atoms with Gasteiger partial charge in [-0.1, -0.05) is 18.2 Å². The van der Waals surface area contributed by atoms with Crippen molar-refractivity contribution in [1.29, 1.82) is 0 Å². The Balaban J connectivity index is 1.79. The number of thiophene rings is 1. The molecule has 3 aromatic heterocycles. The van der Waals surface area contributed by atoms with Crippen LogP contribution in [0.4, 0.5) is 0 Å². The Morgan fingerprint density at radius 2 is 1.97 bits per heavy atom. The number of phenolic OH excluding ortho intramolecular Hbond substituents is 1. The van der Waals surface area contributed by atoms with Crippen LogP contribution in [0.5, 0.6) is 11.5 Å². The van der Waals surface area contributed by atoms with Crippen molar-refractivity contribution in [2.45, 2.75) is 6.42 Å². The van der Waals surface area contributed by atoms with Gasteiger partial charge >= 0.3 is 0 Å². The SMILES string of the molecule is COc1ccc2oc3c(Cc4ccc(O)cc4)[nH]c(-c4cccs4)c3c(=O)c2c1. The van der Waals surface area contributed by atoms with Crippen LogP contribution < -0.4 is 10.2 Å². The molecule has 0 saturated carbocycles. The van der Waals surface area contributed by atoms with E-state index in [2.05, 4.69) is 4.98 Å². The number of aromatic amines is 1. The molecule has 0 amide bonds. The maximum Gasteiger partial charge on any atom is 0.202 e. The van der Waals surface area contributed by atoms with Crippen LogP contribution in [0.1, 0.15) is 11.3 Å². The van der Waals surface area contributed by atoms with E-state index in [1.807, 2.05) is 29.6 Å². The Morgan fingerprint density at radius 1 is 1.14 bits per heavy atom. The average Bonchev–Trinajstić information content (AvgIpc) is 3.38. The summed E-state index contributed by atoms with van der Waals surface area (Å²) in [6.45, 7) is 0. The smallest absolute Gasteiger partial charge is 0.202 e. The molecule has 3 heterocycles. The number of rotatable bonds is 4. The summed E-state index contributed by atoms with van der Waals surface area (Å²) in [6.07, 6.45) is 0.548. The average molecular weight is 403 g/mol. The second-order valence-electron chi connectivity index (χ2n) is 6.80. The lowest BCUT2D eigenvalue weighted by atomic mass is 10.1. The van der Waals surface area contributed by atoms with Crippen LogP contribution in [0.3, 0.4) is 0 Å². The van der Waals surface area contributed by atoms with E-state index in [0.717, 1.165) is 21.8 Å². The first kappa shape index (κ1) is 17.6. The Labute approximate surface area is 169 Å². The zero-order valence-electron chi connectivity index (χ0n) is 15.6. The van der Waals surface area contributed by atoms with Crippen molar-refractivity contribution >= 4 is 33.3 Å². The van der Waals surface area contributed by atoms with Gasteiger partial charge in [0.05, 0.1) is 34.1 Å². The monoisotopic (exact) mass is 403 g/mol. The van der Waals surface area contributed by atoms with Crippen molar-refractivity contribution in [2.75, 3.05) is 7.11 Å². The Morgan fingerprint density at radius 3 is 2.69 bits per heavy atom. The fraction of sp³-hybridized carbons (Fsp3) is 0.0870. The number of H-pyrrole nitrogens is 1. The lowest BCUT2D eigenvalue weighted by Crippen LogP contribution is -2.02. The van der Waals surface area contributed by atoms with Gasteiger partial charge in [-0.2, -0.15) is 0 Å². The molecule has 29 heavy (non-hydrogen) atoms. The number of phenols is 1. The first-order valence-corrected chi connectivity index (χ1v) is 9.99. The van der Waals surface area contributed by atoms with E-state index < -0.39 is 0 Å². The zero-order chi connectivity index (χ0) is 20.0. The van der Waals surface area contributed by atoms with Crippen molar-refractivity contribution in [3.63, 3.8) is 0 Å². The van der Waals surface area contributed by atoms with Gasteiger partial charge in [0, 0.05) is 6.42 Å². The molecule has 144 valence electrons. The molecule has 0 aliphatic rings. The maximum atomic E-state index is 13.4. The molecule has 0 fully saturated rings. The second kappa shape index (κ2) is 6.83. The van der Waals surface area contributed by atoms with Gasteiger partial charge in [0.1, 0.15) is 17.1 Å². The summed E-state index contributed by atoms with van der Waals surface area (Å²) in [4.78, 5) is 17.8. The molecule has 5 nitrogen and oxygen atoms in total. The highest BCUT2D eigenvalue weighted by molar-refractivity contribution is 7.13. The molecule has 0 atom stereocenters. The fourth-order valence-electron chi connectivity index (χ4n) is 3.56. The zero-order valence-corrected chi connectivity index (χ0v) is 16.4. The molecule has 2 N–H and O–H groups in total. The van der Waals surface area contributed by atoms with Crippen molar-refractivity contribution in [2.24, 2.45) is 0 Å². The van der Waals surface area contributed by atoms with Gasteiger partial charge in [-0.25, -0.2) is 0 Å². The van der Waals surface area contributed by atoms with E-state index in [-0.39, 0.29) is 11.2 Å². The molecule has 0 unspecified atom stereocenters. The molecule has 5 rings (SSSR count). The van der Waals surface area contributed by atoms with Crippen LogP contribution in [-0.2, 0) is 6.42 Å². The molecule has 0 aliphatic heterocycles. The summed E-state index contributed by atoms with van der Waals surface area (Å²) in [5.41, 5.74) is 3.58. The predicted molar refractivity (Wildman–Crippen MR) is 115 cm³/mol. The minimum absolute atomic E-state index is 0.0863. The number of aromatic nitrogens is 1. The summed E-state index contributed by atoms with van der Waals surface area (Å²) >= 11 is 1.56. The van der Waals surface area contributed by atoms with E-state index in [1.54, 1.807) is 48.8 Å². The van der Waals surface area contributed by atoms with Crippen molar-refractivity contribution in [3.05, 3.63) is 81.5 Å². The van der Waals surface area contributed by atoms with Crippen LogP contribution in [0.15, 0.2) is 69.2 Å². The van der Waals surface area contributed by atoms with Gasteiger partial charge < -0.3 is 19.2 Å². The predicted octanol–water partition coefficient (Wildman–Crippen LogP) is 5.31. The highest BCUT2D eigenvalue weighted by Crippen LogP contribution is 2.35. The van der Waals surface area contributed by atoms with E-state index in [0.29, 0.717) is 34.1 Å². The highest BCUT2D eigenvalue weighted by atomic mass is 32.1. The maximum absolute atomic E-state index is 13.4. The van der Waals surface area contributed by atoms with Crippen LogP contribution >= 0.6 is 11.3 Å². The van der Waals surface area contributed by atoms with Gasteiger partial charge in [-0.15, -0.1) is 11.3 Å². The van der Waals surface area contributed by atoms with Crippen molar-refractivity contribution < 1.29 is 14.3 Å². The minimum atomic E-state index is -0.0863. The molecule has 2 aromatic carbocycles. The van der Waals surface area contributed by atoms with Gasteiger partial charge in [0.15, 0.2) is 5.58 Å². The van der Waals surface area contributed by atoms with Gasteiger partial charge in [0.25, 0.3) is 0 Å². The second-order valence-corrected chi connectivity index (χ2v) is 7.74. The van der Waals surface area contributed by atoms with Gasteiger partial charge in [0.2, 0.25) is 5.43 Å². The van der Waals surface area contributed by atoms with Gasteiger partial charge in [-0.05, 0) is 47.3 Å². The summed E-state index contributed by atoms with van der Waals surface area (Å²) in [7, 11) is 1.57. The summed E-state index contributed by atoms with van der Waals surface area (Å²) in [5, 5.41) is 12.6. The molecule has 5 aromatic rings. The molecule has 0 bridgehead atoms. The standard InChI is InChI=1S/C23H17NO4S/c1-27-15-8-9-18-16(12-15)22(26)20-21(19-3-2-10-29-19)24-17(23(20)28-18)11-13-4-6-14(25)7-5-13/h2-10,12,24-25H,11H2,1H3. The Bertz CT molecular complexity index is 1380. The van der Waals surface area contributed by atoms with Crippen LogP contribution in [-0.4, -0.2) is 17.2 Å². The summed E-state index contributed by atoms with van der Waals surface area (Å²) < 4.78 is 11.5. The highest BCUT2D eigenvalue weighted by Gasteiger charge is 2.20. The topological polar surface area (TPSA) is 75.5 Å². The Kier molecular flexibility index (Phi) is 4.14. The first-order chi connectivity index (χ1) is 14.1. The normalized spacial score (nSPS) is 11.3. The number of hydrogen-bond donors (Lipinski definition) is 2.